The maximum absolute atomic E-state index is 13.5. The molecular formula is C26H25FN4O4S. The molecule has 0 saturated carbocycles. The topological polar surface area (TPSA) is 105 Å². The van der Waals surface area contributed by atoms with E-state index in [1.165, 1.54) is 31.5 Å². The third-order valence-electron chi connectivity index (χ3n) is 5.45. The van der Waals surface area contributed by atoms with Crippen molar-refractivity contribution in [1.29, 1.82) is 0 Å². The van der Waals surface area contributed by atoms with E-state index in [9.17, 15) is 17.6 Å². The monoisotopic (exact) mass is 508 g/mol. The van der Waals surface area contributed by atoms with Gasteiger partial charge in [-0.1, -0.05) is 31.2 Å². The minimum Gasteiger partial charge on any atom is -0.467 e. The molecule has 0 radical (unpaired) electrons. The number of aryl methyl sites for hydroxylation is 1. The number of amides is 1. The van der Waals surface area contributed by atoms with E-state index in [0.717, 1.165) is 11.1 Å². The average Bonchev–Trinajstić information content (AvgIpc) is 3.38. The van der Waals surface area contributed by atoms with E-state index in [4.69, 9.17) is 4.42 Å². The normalized spacial score (nSPS) is 11.3. The first-order chi connectivity index (χ1) is 17.2. The zero-order valence-electron chi connectivity index (χ0n) is 19.8. The third-order valence-corrected chi connectivity index (χ3v) is 6.96. The average molecular weight is 509 g/mol. The van der Waals surface area contributed by atoms with Crippen molar-refractivity contribution in [1.82, 2.24) is 9.97 Å². The van der Waals surface area contributed by atoms with Gasteiger partial charge in [0.15, 0.2) is 5.69 Å². The van der Waals surface area contributed by atoms with Crippen molar-refractivity contribution in [3.63, 3.8) is 0 Å². The first-order valence-electron chi connectivity index (χ1n) is 11.2. The molecule has 2 heterocycles. The fraction of sp³-hybridized carbons (Fsp3) is 0.192. The Balaban J connectivity index is 1.79. The lowest BCUT2D eigenvalue weighted by molar-refractivity contribution is 0.102. The van der Waals surface area contributed by atoms with Gasteiger partial charge in [-0.05, 0) is 54.4 Å². The molecule has 4 aromatic rings. The first kappa shape index (κ1) is 25.1. The summed E-state index contributed by atoms with van der Waals surface area (Å²) in [4.78, 5) is 23.5. The molecule has 0 bridgehead atoms. The molecule has 0 spiro atoms. The Morgan fingerprint density at radius 3 is 2.53 bits per heavy atom. The first-order valence-corrected chi connectivity index (χ1v) is 12.9. The number of aromatic nitrogens is 2. The lowest BCUT2D eigenvalue weighted by Crippen LogP contribution is -2.27. The highest BCUT2D eigenvalue weighted by atomic mass is 32.2. The summed E-state index contributed by atoms with van der Waals surface area (Å²) in [6.07, 6.45) is 2.86. The molecule has 10 heteroatoms. The highest BCUT2D eigenvalue weighted by Gasteiger charge is 2.25. The molecule has 186 valence electrons. The van der Waals surface area contributed by atoms with Gasteiger partial charge in [0.2, 0.25) is 15.0 Å². The van der Waals surface area contributed by atoms with Crippen LogP contribution < -0.4 is 10.2 Å². The van der Waals surface area contributed by atoms with E-state index in [2.05, 4.69) is 15.3 Å². The molecule has 2 aromatic heterocycles. The van der Waals surface area contributed by atoms with Crippen LogP contribution in [0.3, 0.4) is 0 Å². The standard InChI is InChI=1S/C26H25FN4O4S/c1-3-36(33,34)26-28-15-23(24(30-26)25(32)29-21-7-4-6-18(2)14-21)31(17-22-8-5-13-35-22)16-19-9-11-20(27)12-10-19/h4-15H,3,16-17H2,1-2H3,(H,29,32). The van der Waals surface area contributed by atoms with E-state index in [1.807, 2.05) is 13.0 Å². The number of carbonyl (C=O) groups excluding carboxylic acids is 1. The van der Waals surface area contributed by atoms with Crippen molar-refractivity contribution in [2.24, 2.45) is 0 Å². The van der Waals surface area contributed by atoms with Gasteiger partial charge in [0, 0.05) is 12.2 Å². The summed E-state index contributed by atoms with van der Waals surface area (Å²) in [5.41, 5.74) is 2.45. The van der Waals surface area contributed by atoms with Crippen molar-refractivity contribution in [3.05, 3.63) is 102 Å². The molecule has 4 rings (SSSR count). The van der Waals surface area contributed by atoms with Crippen LogP contribution in [0.25, 0.3) is 0 Å². The number of hydrogen-bond donors (Lipinski definition) is 1. The molecule has 0 unspecified atom stereocenters. The summed E-state index contributed by atoms with van der Waals surface area (Å²) in [5.74, 6) is -0.565. The van der Waals surface area contributed by atoms with Crippen LogP contribution in [0.4, 0.5) is 15.8 Å². The SMILES string of the molecule is CCS(=O)(=O)c1ncc(N(Cc2ccc(F)cc2)Cc2ccco2)c(C(=O)Nc2cccc(C)c2)n1. The molecule has 2 aromatic carbocycles. The Kier molecular flexibility index (Phi) is 7.44. The number of benzene rings is 2. The zero-order valence-corrected chi connectivity index (χ0v) is 20.6. The van der Waals surface area contributed by atoms with Gasteiger partial charge in [0.1, 0.15) is 11.6 Å². The second-order valence-electron chi connectivity index (χ2n) is 8.18. The van der Waals surface area contributed by atoms with E-state index in [0.29, 0.717) is 17.1 Å². The number of furan rings is 1. The van der Waals surface area contributed by atoms with Crippen LogP contribution in [0.15, 0.2) is 82.7 Å². The number of carbonyl (C=O) groups is 1. The van der Waals surface area contributed by atoms with Gasteiger partial charge < -0.3 is 14.6 Å². The van der Waals surface area contributed by atoms with E-state index in [-0.39, 0.29) is 30.4 Å². The maximum atomic E-state index is 13.5. The van der Waals surface area contributed by atoms with E-state index in [1.54, 1.807) is 47.4 Å². The molecule has 0 aliphatic carbocycles. The minimum atomic E-state index is -3.77. The Labute approximate surface area is 208 Å². The Morgan fingerprint density at radius 2 is 1.86 bits per heavy atom. The van der Waals surface area contributed by atoms with E-state index < -0.39 is 20.9 Å². The summed E-state index contributed by atoms with van der Waals surface area (Å²) in [6, 6.07) is 16.7. The van der Waals surface area contributed by atoms with Crippen molar-refractivity contribution in [2.75, 3.05) is 16.0 Å². The summed E-state index contributed by atoms with van der Waals surface area (Å²) in [6.45, 7) is 3.87. The molecule has 8 nitrogen and oxygen atoms in total. The van der Waals surface area contributed by atoms with Crippen LogP contribution in [-0.4, -0.2) is 30.0 Å². The molecular weight excluding hydrogens is 483 g/mol. The fourth-order valence-electron chi connectivity index (χ4n) is 3.58. The second kappa shape index (κ2) is 10.7. The Bertz CT molecular complexity index is 1460. The summed E-state index contributed by atoms with van der Waals surface area (Å²) in [7, 11) is -3.77. The molecule has 0 atom stereocenters. The van der Waals surface area contributed by atoms with Crippen molar-refractivity contribution < 1.29 is 22.0 Å². The number of sulfone groups is 1. The van der Waals surface area contributed by atoms with Crippen LogP contribution in [0.2, 0.25) is 0 Å². The maximum Gasteiger partial charge on any atom is 0.276 e. The van der Waals surface area contributed by atoms with Gasteiger partial charge in [-0.15, -0.1) is 0 Å². The number of nitrogens with one attached hydrogen (secondary N) is 1. The molecule has 0 aliphatic heterocycles. The van der Waals surface area contributed by atoms with Gasteiger partial charge in [-0.25, -0.2) is 22.8 Å². The van der Waals surface area contributed by atoms with Crippen LogP contribution in [0, 0.1) is 12.7 Å². The van der Waals surface area contributed by atoms with Gasteiger partial charge >= 0.3 is 0 Å². The molecule has 0 aliphatic rings. The fourth-order valence-corrected chi connectivity index (χ4v) is 4.28. The Hall–Kier alpha value is -4.05. The van der Waals surface area contributed by atoms with Gasteiger partial charge in [-0.2, -0.15) is 0 Å². The molecule has 36 heavy (non-hydrogen) atoms. The zero-order chi connectivity index (χ0) is 25.7. The highest BCUT2D eigenvalue weighted by Crippen LogP contribution is 2.26. The molecule has 1 N–H and O–H groups in total. The van der Waals surface area contributed by atoms with Crippen molar-refractivity contribution in [3.8, 4) is 0 Å². The Morgan fingerprint density at radius 1 is 1.08 bits per heavy atom. The lowest BCUT2D eigenvalue weighted by Gasteiger charge is -2.25. The van der Waals surface area contributed by atoms with Crippen LogP contribution in [0.5, 0.6) is 0 Å². The number of rotatable bonds is 9. The number of halogens is 1. The number of nitrogens with zero attached hydrogens (tertiary/aromatic N) is 3. The smallest absolute Gasteiger partial charge is 0.276 e. The van der Waals surface area contributed by atoms with Crippen LogP contribution in [0.1, 0.15) is 34.3 Å². The van der Waals surface area contributed by atoms with Gasteiger partial charge in [0.25, 0.3) is 5.91 Å². The lowest BCUT2D eigenvalue weighted by atomic mass is 10.1. The number of anilines is 2. The minimum absolute atomic E-state index is 0.104. The largest absolute Gasteiger partial charge is 0.467 e. The molecule has 1 amide bonds. The van der Waals surface area contributed by atoms with E-state index >= 15 is 0 Å². The highest BCUT2D eigenvalue weighted by molar-refractivity contribution is 7.91. The summed E-state index contributed by atoms with van der Waals surface area (Å²) >= 11 is 0. The van der Waals surface area contributed by atoms with Crippen LogP contribution >= 0.6 is 0 Å². The predicted molar refractivity (Wildman–Crippen MR) is 134 cm³/mol. The quantitative estimate of drug-likeness (QED) is 0.325. The van der Waals surface area contributed by atoms with Crippen LogP contribution in [-0.2, 0) is 22.9 Å². The predicted octanol–water partition coefficient (Wildman–Crippen LogP) is 4.77. The second-order valence-corrected chi connectivity index (χ2v) is 10.3. The summed E-state index contributed by atoms with van der Waals surface area (Å²) in [5, 5.41) is 2.37. The third kappa shape index (κ3) is 5.95. The summed E-state index contributed by atoms with van der Waals surface area (Å²) < 4.78 is 44.0. The van der Waals surface area contributed by atoms with Crippen molar-refractivity contribution >= 4 is 27.1 Å². The molecule has 0 fully saturated rings. The van der Waals surface area contributed by atoms with Gasteiger partial charge in [-0.3, -0.25) is 4.79 Å². The van der Waals surface area contributed by atoms with Gasteiger partial charge in [0.05, 0.1) is 30.4 Å². The van der Waals surface area contributed by atoms with Crippen molar-refractivity contribution in [2.45, 2.75) is 32.1 Å². The molecule has 0 saturated heterocycles. The number of hydrogen-bond acceptors (Lipinski definition) is 7.